The summed E-state index contributed by atoms with van der Waals surface area (Å²) in [5.74, 6) is 0. The molecule has 9 heteroatoms. The van der Waals surface area contributed by atoms with Crippen LogP contribution in [0.5, 0.6) is 0 Å². The van der Waals surface area contributed by atoms with Gasteiger partial charge in [0, 0.05) is 30.5 Å². The lowest BCUT2D eigenvalue weighted by molar-refractivity contribution is -0.138. The predicted octanol–water partition coefficient (Wildman–Crippen LogP) is 4.15. The van der Waals surface area contributed by atoms with Gasteiger partial charge in [-0.2, -0.15) is 18.3 Å². The molecule has 1 aromatic carbocycles. The third kappa shape index (κ3) is 4.52. The number of ether oxygens (including phenoxy) is 1. The fourth-order valence-electron chi connectivity index (χ4n) is 3.94. The molecule has 168 valence electrons. The molecule has 0 bridgehead atoms. The highest BCUT2D eigenvalue weighted by Gasteiger charge is 2.33. The lowest BCUT2D eigenvalue weighted by Crippen LogP contribution is -2.30. The van der Waals surface area contributed by atoms with Crippen LogP contribution in [0.15, 0.2) is 58.4 Å². The molecule has 2 aromatic heterocycles. The van der Waals surface area contributed by atoms with Crippen LogP contribution in [0.3, 0.4) is 0 Å². The first-order valence-corrected chi connectivity index (χ1v) is 10.3. The maximum absolute atomic E-state index is 13.3. The molecule has 32 heavy (non-hydrogen) atoms. The molecule has 0 spiro atoms. The molecule has 4 rings (SSSR count). The average Bonchev–Trinajstić information content (AvgIpc) is 2.76. The number of benzene rings is 1. The van der Waals surface area contributed by atoms with Crippen LogP contribution in [0.4, 0.5) is 13.2 Å². The van der Waals surface area contributed by atoms with E-state index in [1.807, 2.05) is 0 Å². The molecule has 3 heterocycles. The van der Waals surface area contributed by atoms with Crippen molar-refractivity contribution in [1.29, 1.82) is 0 Å². The maximum atomic E-state index is 13.3. The summed E-state index contributed by atoms with van der Waals surface area (Å²) >= 11 is 0. The van der Waals surface area contributed by atoms with Gasteiger partial charge in [-0.3, -0.25) is 9.59 Å². The zero-order valence-electron chi connectivity index (χ0n) is 17.4. The number of aromatic nitrogens is 3. The van der Waals surface area contributed by atoms with Crippen LogP contribution in [0, 0.1) is 6.92 Å². The maximum Gasteiger partial charge on any atom is 0.416 e. The SMILES string of the molecule is Cc1cn(Cc2ccccc2C(F)(F)F)c(=O)cc1-c1cnn(C2CCCCO2)c(=O)c1. The standard InChI is InChI=1S/C23H22F3N3O3/c1-15-13-28(14-16-6-2-3-7-19(16)23(24,25)26)20(30)11-18(15)17-10-21(31)29(27-12-17)22-8-4-5-9-32-22/h2-3,6-7,10-13,22H,4-5,8-9,14H2,1H3. The van der Waals surface area contributed by atoms with E-state index in [2.05, 4.69) is 5.10 Å². The van der Waals surface area contributed by atoms with Gasteiger partial charge in [0.05, 0.1) is 18.3 Å². The molecule has 0 amide bonds. The van der Waals surface area contributed by atoms with E-state index in [-0.39, 0.29) is 17.7 Å². The molecule has 1 aliphatic heterocycles. The van der Waals surface area contributed by atoms with Crippen LogP contribution in [0.1, 0.15) is 42.2 Å². The molecule has 1 fully saturated rings. The molecular formula is C23H22F3N3O3. The largest absolute Gasteiger partial charge is 0.416 e. The first-order valence-electron chi connectivity index (χ1n) is 10.3. The molecular weight excluding hydrogens is 423 g/mol. The van der Waals surface area contributed by atoms with E-state index in [4.69, 9.17) is 4.74 Å². The minimum absolute atomic E-state index is 0.00555. The van der Waals surface area contributed by atoms with E-state index in [9.17, 15) is 22.8 Å². The van der Waals surface area contributed by atoms with Gasteiger partial charge in [0.2, 0.25) is 0 Å². The Kier molecular flexibility index (Phi) is 6.01. The summed E-state index contributed by atoms with van der Waals surface area (Å²) in [6, 6.07) is 7.90. The van der Waals surface area contributed by atoms with E-state index in [1.54, 1.807) is 6.92 Å². The van der Waals surface area contributed by atoms with Gasteiger partial charge in [-0.15, -0.1) is 0 Å². The summed E-state index contributed by atoms with van der Waals surface area (Å²) in [5.41, 5.74) is 0.0509. The van der Waals surface area contributed by atoms with Crippen molar-refractivity contribution in [2.45, 2.75) is 45.1 Å². The lowest BCUT2D eigenvalue weighted by Gasteiger charge is -2.23. The Balaban J connectivity index is 1.65. The van der Waals surface area contributed by atoms with Crippen LogP contribution in [0.25, 0.3) is 11.1 Å². The monoisotopic (exact) mass is 445 g/mol. The van der Waals surface area contributed by atoms with Crippen molar-refractivity contribution in [3.63, 3.8) is 0 Å². The van der Waals surface area contributed by atoms with Crippen molar-refractivity contribution >= 4 is 0 Å². The quantitative estimate of drug-likeness (QED) is 0.605. The topological polar surface area (TPSA) is 66.1 Å². The summed E-state index contributed by atoms with van der Waals surface area (Å²) in [4.78, 5) is 25.3. The molecule has 3 aromatic rings. The Morgan fingerprint density at radius 3 is 2.59 bits per heavy atom. The van der Waals surface area contributed by atoms with Crippen LogP contribution < -0.4 is 11.1 Å². The summed E-state index contributed by atoms with van der Waals surface area (Å²) < 4.78 is 48.0. The highest BCUT2D eigenvalue weighted by Crippen LogP contribution is 2.32. The molecule has 6 nitrogen and oxygen atoms in total. The third-order valence-corrected chi connectivity index (χ3v) is 5.55. The molecule has 1 unspecified atom stereocenters. The number of aryl methyl sites for hydroxylation is 1. The van der Waals surface area contributed by atoms with Gasteiger partial charge >= 0.3 is 6.18 Å². The molecule has 1 saturated heterocycles. The Morgan fingerprint density at radius 2 is 1.91 bits per heavy atom. The van der Waals surface area contributed by atoms with Crippen molar-refractivity contribution < 1.29 is 17.9 Å². The summed E-state index contributed by atoms with van der Waals surface area (Å²) in [7, 11) is 0. The lowest BCUT2D eigenvalue weighted by atomic mass is 10.0. The molecule has 0 radical (unpaired) electrons. The fourth-order valence-corrected chi connectivity index (χ4v) is 3.94. The zero-order valence-corrected chi connectivity index (χ0v) is 17.4. The minimum atomic E-state index is -4.51. The first kappa shape index (κ1) is 22.0. The number of pyridine rings is 1. The van der Waals surface area contributed by atoms with Gasteiger partial charge in [0.25, 0.3) is 11.1 Å². The third-order valence-electron chi connectivity index (χ3n) is 5.55. The van der Waals surface area contributed by atoms with Gasteiger partial charge in [0.15, 0.2) is 6.23 Å². The molecule has 0 N–H and O–H groups in total. The van der Waals surface area contributed by atoms with E-state index in [1.165, 1.54) is 52.0 Å². The zero-order chi connectivity index (χ0) is 22.9. The van der Waals surface area contributed by atoms with Crippen LogP contribution in [0.2, 0.25) is 0 Å². The Hall–Kier alpha value is -3.20. The van der Waals surface area contributed by atoms with E-state index in [0.717, 1.165) is 18.9 Å². The number of alkyl halides is 3. The van der Waals surface area contributed by atoms with Gasteiger partial charge in [-0.1, -0.05) is 18.2 Å². The van der Waals surface area contributed by atoms with Gasteiger partial charge < -0.3 is 9.30 Å². The van der Waals surface area contributed by atoms with Crippen LogP contribution >= 0.6 is 0 Å². The summed E-state index contributed by atoms with van der Waals surface area (Å²) in [6.45, 7) is 2.10. The molecule has 1 atom stereocenters. The second-order valence-electron chi connectivity index (χ2n) is 7.84. The molecule has 1 aliphatic rings. The highest BCUT2D eigenvalue weighted by atomic mass is 19.4. The van der Waals surface area contributed by atoms with E-state index < -0.39 is 23.5 Å². The van der Waals surface area contributed by atoms with Crippen molar-refractivity contribution in [1.82, 2.24) is 14.3 Å². The number of hydrogen-bond donors (Lipinski definition) is 0. The van der Waals surface area contributed by atoms with Crippen molar-refractivity contribution in [2.75, 3.05) is 6.61 Å². The Morgan fingerprint density at radius 1 is 1.12 bits per heavy atom. The Labute approximate surface area is 181 Å². The van der Waals surface area contributed by atoms with Crippen molar-refractivity contribution in [3.8, 4) is 11.1 Å². The van der Waals surface area contributed by atoms with Gasteiger partial charge in [-0.25, -0.2) is 4.68 Å². The predicted molar refractivity (Wildman–Crippen MR) is 112 cm³/mol. The second kappa shape index (κ2) is 8.74. The normalized spacial score (nSPS) is 16.8. The Bertz CT molecular complexity index is 1240. The number of nitrogens with zero attached hydrogens (tertiary/aromatic N) is 3. The second-order valence-corrected chi connectivity index (χ2v) is 7.84. The molecule has 0 saturated carbocycles. The minimum Gasteiger partial charge on any atom is -0.356 e. The average molecular weight is 445 g/mol. The fraction of sp³-hybridized carbons (Fsp3) is 0.348. The molecule has 0 aliphatic carbocycles. The van der Waals surface area contributed by atoms with Crippen molar-refractivity contribution in [3.05, 3.63) is 86.2 Å². The van der Waals surface area contributed by atoms with Crippen LogP contribution in [-0.4, -0.2) is 21.0 Å². The van der Waals surface area contributed by atoms with E-state index >= 15 is 0 Å². The van der Waals surface area contributed by atoms with Crippen LogP contribution in [-0.2, 0) is 17.5 Å². The smallest absolute Gasteiger partial charge is 0.356 e. The summed E-state index contributed by atoms with van der Waals surface area (Å²) in [6.07, 6.45) is 0.716. The van der Waals surface area contributed by atoms with Gasteiger partial charge in [-0.05, 0) is 48.9 Å². The van der Waals surface area contributed by atoms with E-state index in [0.29, 0.717) is 29.7 Å². The summed E-state index contributed by atoms with van der Waals surface area (Å²) in [5, 5.41) is 4.22. The first-order chi connectivity index (χ1) is 15.2. The number of halogens is 3. The van der Waals surface area contributed by atoms with Crippen molar-refractivity contribution in [2.24, 2.45) is 0 Å². The number of hydrogen-bond acceptors (Lipinski definition) is 4. The van der Waals surface area contributed by atoms with Gasteiger partial charge in [0.1, 0.15) is 0 Å². The number of rotatable bonds is 4. The highest BCUT2D eigenvalue weighted by molar-refractivity contribution is 5.65.